The first kappa shape index (κ1) is 16.1. The minimum absolute atomic E-state index is 0.254. The molecular weight excluding hydrogens is 318 g/mol. The van der Waals surface area contributed by atoms with Crippen LogP contribution in [-0.2, 0) is 6.42 Å². The van der Waals surface area contributed by atoms with E-state index in [-0.39, 0.29) is 12.8 Å². The Morgan fingerprint density at radius 2 is 1.84 bits per heavy atom. The zero-order valence-corrected chi connectivity index (χ0v) is 14.6. The third-order valence-corrected chi connectivity index (χ3v) is 5.19. The van der Waals surface area contributed by atoms with Crippen LogP contribution in [0.4, 0.5) is 5.69 Å². The van der Waals surface area contributed by atoms with Crippen LogP contribution in [0, 0.1) is 0 Å². The summed E-state index contributed by atoms with van der Waals surface area (Å²) in [5.74, 6) is 2.22. The molecule has 1 aliphatic carbocycles. The molecule has 2 heterocycles. The first-order valence-electron chi connectivity index (χ1n) is 9.05. The van der Waals surface area contributed by atoms with E-state index >= 15 is 0 Å². The number of nitrogens with zero attached hydrogens (tertiary/aromatic N) is 3. The normalized spacial score (nSPS) is 21.2. The smallest absolute Gasteiger partial charge is 0.231 e. The molecule has 4 N–H and O–H groups in total. The molecule has 3 aliphatic rings. The molecule has 7 nitrogen and oxygen atoms in total. The molecule has 7 heteroatoms. The number of nitrogens with two attached hydrogens (primary N) is 2. The van der Waals surface area contributed by atoms with Crippen molar-refractivity contribution >= 4 is 17.6 Å². The molecule has 0 bridgehead atoms. The van der Waals surface area contributed by atoms with Gasteiger partial charge in [-0.05, 0) is 43.7 Å². The maximum absolute atomic E-state index is 6.36. The zero-order valence-electron chi connectivity index (χ0n) is 14.6. The van der Waals surface area contributed by atoms with Crippen molar-refractivity contribution < 1.29 is 9.47 Å². The molecule has 25 heavy (non-hydrogen) atoms. The Kier molecular flexibility index (Phi) is 3.94. The van der Waals surface area contributed by atoms with Crippen molar-refractivity contribution in [1.82, 2.24) is 0 Å². The quantitative estimate of drug-likeness (QED) is 0.878. The van der Waals surface area contributed by atoms with Crippen molar-refractivity contribution in [2.45, 2.75) is 57.5 Å². The highest BCUT2D eigenvalue weighted by Crippen LogP contribution is 2.45. The van der Waals surface area contributed by atoms with E-state index in [1.54, 1.807) is 0 Å². The van der Waals surface area contributed by atoms with Gasteiger partial charge >= 0.3 is 0 Å². The molecule has 1 aromatic carbocycles. The van der Waals surface area contributed by atoms with E-state index in [0.717, 1.165) is 55.7 Å². The molecule has 1 aromatic rings. The Morgan fingerprint density at radius 3 is 2.56 bits per heavy atom. The molecule has 1 fully saturated rings. The third-order valence-electron chi connectivity index (χ3n) is 5.19. The zero-order chi connectivity index (χ0) is 17.4. The van der Waals surface area contributed by atoms with Gasteiger partial charge in [0.1, 0.15) is 5.66 Å². The van der Waals surface area contributed by atoms with Gasteiger partial charge in [0.2, 0.25) is 18.7 Å². The van der Waals surface area contributed by atoms with Crippen molar-refractivity contribution in [3.63, 3.8) is 0 Å². The van der Waals surface area contributed by atoms with Gasteiger partial charge in [0, 0.05) is 6.07 Å². The molecular formula is C18H25N5O2. The number of benzene rings is 1. The highest BCUT2D eigenvalue weighted by Gasteiger charge is 2.43. The van der Waals surface area contributed by atoms with Gasteiger partial charge < -0.3 is 20.9 Å². The number of aliphatic imine (C=N–C) groups is 2. The van der Waals surface area contributed by atoms with Crippen molar-refractivity contribution in [2.75, 3.05) is 11.7 Å². The van der Waals surface area contributed by atoms with E-state index in [1.807, 2.05) is 6.07 Å². The Labute approximate surface area is 147 Å². The summed E-state index contributed by atoms with van der Waals surface area (Å²) in [6.45, 7) is 2.42. The summed E-state index contributed by atoms with van der Waals surface area (Å²) in [6, 6.07) is 4.08. The molecule has 2 aliphatic heterocycles. The average molecular weight is 343 g/mol. The average Bonchev–Trinajstić information content (AvgIpc) is 3.02. The molecule has 0 unspecified atom stereocenters. The molecule has 1 spiro atoms. The maximum atomic E-state index is 6.36. The molecule has 0 amide bonds. The Morgan fingerprint density at radius 1 is 1.12 bits per heavy atom. The highest BCUT2D eigenvalue weighted by atomic mass is 16.7. The van der Waals surface area contributed by atoms with Crippen LogP contribution in [0.1, 0.15) is 51.0 Å². The monoisotopic (exact) mass is 343 g/mol. The van der Waals surface area contributed by atoms with Gasteiger partial charge in [-0.2, -0.15) is 4.99 Å². The number of hydrogen-bond acceptors (Lipinski definition) is 7. The van der Waals surface area contributed by atoms with Crippen LogP contribution in [0.25, 0.3) is 0 Å². The first-order valence-corrected chi connectivity index (χ1v) is 9.05. The topological polar surface area (TPSA) is 98.5 Å². The molecule has 0 radical (unpaired) electrons. The number of anilines is 1. The fraction of sp³-hybridized carbons (Fsp3) is 0.556. The van der Waals surface area contributed by atoms with Crippen LogP contribution < -0.4 is 25.8 Å². The summed E-state index contributed by atoms with van der Waals surface area (Å²) in [6.07, 6.45) is 7.21. The number of hydrogen-bond donors (Lipinski definition) is 2. The van der Waals surface area contributed by atoms with Crippen molar-refractivity contribution in [1.29, 1.82) is 0 Å². The van der Waals surface area contributed by atoms with E-state index in [0.29, 0.717) is 5.96 Å². The lowest BCUT2D eigenvalue weighted by Crippen LogP contribution is -2.58. The summed E-state index contributed by atoms with van der Waals surface area (Å²) >= 11 is 0. The number of rotatable bonds is 3. The van der Waals surface area contributed by atoms with E-state index in [1.165, 1.54) is 12.0 Å². The lowest BCUT2D eigenvalue weighted by molar-refractivity contribution is 0.174. The lowest BCUT2D eigenvalue weighted by Gasteiger charge is -2.46. The second-order valence-corrected chi connectivity index (χ2v) is 6.90. The highest BCUT2D eigenvalue weighted by molar-refractivity contribution is 6.06. The summed E-state index contributed by atoms with van der Waals surface area (Å²) in [7, 11) is 0. The fourth-order valence-corrected chi connectivity index (χ4v) is 4.12. The summed E-state index contributed by atoms with van der Waals surface area (Å²) in [5.41, 5.74) is 14.1. The first-order chi connectivity index (χ1) is 12.1. The summed E-state index contributed by atoms with van der Waals surface area (Å²) in [4.78, 5) is 11.1. The Hall–Kier alpha value is -2.44. The van der Waals surface area contributed by atoms with Gasteiger partial charge in [-0.1, -0.05) is 19.8 Å². The number of fused-ring (bicyclic) bond motifs is 1. The molecule has 4 rings (SSSR count). The molecule has 1 saturated carbocycles. The fourth-order valence-electron chi connectivity index (χ4n) is 4.12. The summed E-state index contributed by atoms with van der Waals surface area (Å²) in [5, 5.41) is 0. The van der Waals surface area contributed by atoms with Gasteiger partial charge in [0.05, 0.1) is 5.69 Å². The minimum atomic E-state index is -0.440. The second kappa shape index (κ2) is 6.13. The largest absolute Gasteiger partial charge is 0.454 e. The predicted molar refractivity (Wildman–Crippen MR) is 98.1 cm³/mol. The van der Waals surface area contributed by atoms with Crippen LogP contribution in [-0.4, -0.2) is 24.4 Å². The van der Waals surface area contributed by atoms with E-state index in [4.69, 9.17) is 25.9 Å². The third kappa shape index (κ3) is 2.67. The van der Waals surface area contributed by atoms with Crippen LogP contribution in [0.5, 0.6) is 11.5 Å². The minimum Gasteiger partial charge on any atom is -0.454 e. The van der Waals surface area contributed by atoms with Crippen LogP contribution in [0.15, 0.2) is 22.1 Å². The van der Waals surface area contributed by atoms with Gasteiger partial charge in [-0.3, -0.25) is 4.90 Å². The molecule has 0 aromatic heterocycles. The van der Waals surface area contributed by atoms with Gasteiger partial charge in [-0.25, -0.2) is 4.99 Å². The van der Waals surface area contributed by atoms with E-state index in [9.17, 15) is 0 Å². The number of guanidine groups is 2. The second-order valence-electron chi connectivity index (χ2n) is 6.90. The molecule has 0 atom stereocenters. The van der Waals surface area contributed by atoms with Crippen LogP contribution in [0.3, 0.4) is 0 Å². The standard InChI is InChI=1S/C18H25N5O2/c1-2-6-12-9-14-15(25-11-24-14)10-13(12)23-17(20)21-16(19)22-18(23)7-4-3-5-8-18/h9-10H,2-8,11H2,1H3,(H4,19,20,21,22). The lowest BCUT2D eigenvalue weighted by atomic mass is 9.86. The predicted octanol–water partition coefficient (Wildman–Crippen LogP) is 2.48. The Balaban J connectivity index is 1.85. The van der Waals surface area contributed by atoms with Crippen molar-refractivity contribution in [3.05, 3.63) is 17.7 Å². The maximum Gasteiger partial charge on any atom is 0.231 e. The van der Waals surface area contributed by atoms with E-state index < -0.39 is 5.66 Å². The van der Waals surface area contributed by atoms with E-state index in [2.05, 4.69) is 22.9 Å². The van der Waals surface area contributed by atoms with Gasteiger partial charge in [0.25, 0.3) is 0 Å². The Bertz CT molecular complexity index is 737. The molecule has 0 saturated heterocycles. The van der Waals surface area contributed by atoms with Crippen molar-refractivity contribution in [2.24, 2.45) is 21.5 Å². The van der Waals surface area contributed by atoms with Crippen molar-refractivity contribution in [3.8, 4) is 11.5 Å². The van der Waals surface area contributed by atoms with Gasteiger partial charge in [-0.15, -0.1) is 0 Å². The SMILES string of the molecule is CCCc1cc2c(cc1N1C(N)=NC(N)=NC13CCCCC3)OCO2. The van der Waals surface area contributed by atoms with Crippen LogP contribution >= 0.6 is 0 Å². The van der Waals surface area contributed by atoms with Crippen LogP contribution in [0.2, 0.25) is 0 Å². The number of ether oxygens (including phenoxy) is 2. The number of aryl methyl sites for hydroxylation is 1. The van der Waals surface area contributed by atoms with Gasteiger partial charge in [0.15, 0.2) is 11.5 Å². The summed E-state index contributed by atoms with van der Waals surface area (Å²) < 4.78 is 11.2. The molecule has 134 valence electrons.